The van der Waals surface area contributed by atoms with E-state index in [1.165, 1.54) is 10.8 Å². The van der Waals surface area contributed by atoms with E-state index in [9.17, 15) is 14.7 Å². The molecule has 0 spiro atoms. The van der Waals surface area contributed by atoms with Crippen molar-refractivity contribution in [3.05, 3.63) is 44.8 Å². The molecule has 1 aliphatic rings. The lowest BCUT2D eigenvalue weighted by atomic mass is 9.94. The van der Waals surface area contributed by atoms with Crippen molar-refractivity contribution >= 4 is 0 Å². The fourth-order valence-electron chi connectivity index (χ4n) is 2.39. The number of hydrogen-bond donors (Lipinski definition) is 2. The first-order chi connectivity index (χ1) is 8.93. The molecule has 2 heterocycles. The Morgan fingerprint density at radius 2 is 2.32 bits per heavy atom. The number of hydrogen-bond acceptors (Lipinski definition) is 4. The van der Waals surface area contributed by atoms with Gasteiger partial charge in [-0.15, -0.1) is 0 Å². The van der Waals surface area contributed by atoms with Gasteiger partial charge in [-0.2, -0.15) is 0 Å². The molecule has 0 bridgehead atoms. The number of aliphatic hydroxyl groups is 1. The van der Waals surface area contributed by atoms with Crippen molar-refractivity contribution in [2.45, 2.75) is 32.6 Å². The highest BCUT2D eigenvalue weighted by atomic mass is 16.5. The van der Waals surface area contributed by atoms with Crippen LogP contribution in [-0.2, 0) is 4.74 Å². The average Bonchev–Trinajstić information content (AvgIpc) is 2.77. The first-order valence-electron chi connectivity index (χ1n) is 6.17. The summed E-state index contributed by atoms with van der Waals surface area (Å²) < 4.78 is 7.04. The van der Waals surface area contributed by atoms with Gasteiger partial charge in [0.25, 0.3) is 5.56 Å². The maximum absolute atomic E-state index is 11.8. The summed E-state index contributed by atoms with van der Waals surface area (Å²) in [5.74, 6) is 0.00846. The van der Waals surface area contributed by atoms with Gasteiger partial charge < -0.3 is 9.84 Å². The summed E-state index contributed by atoms with van der Waals surface area (Å²) in [5.41, 5.74) is 0.465. The first-order valence-corrected chi connectivity index (χ1v) is 6.17. The van der Waals surface area contributed by atoms with E-state index in [4.69, 9.17) is 4.74 Å². The van der Waals surface area contributed by atoms with E-state index in [-0.39, 0.29) is 18.6 Å². The van der Waals surface area contributed by atoms with E-state index >= 15 is 0 Å². The van der Waals surface area contributed by atoms with Gasteiger partial charge in [-0.25, -0.2) is 4.79 Å². The Balaban J connectivity index is 2.35. The summed E-state index contributed by atoms with van der Waals surface area (Å²) in [6, 6.07) is 0. The Kier molecular flexibility index (Phi) is 3.73. The lowest BCUT2D eigenvalue weighted by Crippen LogP contribution is -2.33. The highest BCUT2D eigenvalue weighted by Gasteiger charge is 2.36. The zero-order chi connectivity index (χ0) is 14.2. The van der Waals surface area contributed by atoms with Crippen molar-refractivity contribution in [3.8, 4) is 0 Å². The summed E-state index contributed by atoms with van der Waals surface area (Å²) in [4.78, 5) is 25.4. The number of nitrogens with zero attached hydrogens (tertiary/aromatic N) is 1. The molecule has 0 amide bonds. The molecule has 1 aromatic heterocycles. The van der Waals surface area contributed by atoms with Crippen LogP contribution in [0.15, 0.2) is 27.9 Å². The molecule has 0 aliphatic carbocycles. The minimum absolute atomic E-state index is 0.00846. The zero-order valence-corrected chi connectivity index (χ0v) is 11.0. The number of nitrogens with one attached hydrogen (secondary N) is 1. The second kappa shape index (κ2) is 5.14. The van der Waals surface area contributed by atoms with Crippen LogP contribution in [0.1, 0.15) is 25.1 Å². The molecular formula is C13H18N2O4. The summed E-state index contributed by atoms with van der Waals surface area (Å²) in [6.45, 7) is 7.26. The van der Waals surface area contributed by atoms with E-state index in [1.54, 1.807) is 6.92 Å². The predicted octanol–water partition coefficient (Wildman–Crippen LogP) is 0.317. The topological polar surface area (TPSA) is 84.3 Å². The summed E-state index contributed by atoms with van der Waals surface area (Å²) in [7, 11) is 0. The van der Waals surface area contributed by atoms with Crippen LogP contribution in [-0.4, -0.2) is 27.4 Å². The zero-order valence-electron chi connectivity index (χ0n) is 11.0. The van der Waals surface area contributed by atoms with Crippen LogP contribution in [0.2, 0.25) is 0 Å². The normalized spacial score (nSPS) is 26.6. The maximum Gasteiger partial charge on any atom is 0.330 e. The van der Waals surface area contributed by atoms with Crippen molar-refractivity contribution < 1.29 is 9.84 Å². The van der Waals surface area contributed by atoms with Gasteiger partial charge in [0.2, 0.25) is 0 Å². The summed E-state index contributed by atoms with van der Waals surface area (Å²) in [5, 5.41) is 9.31. The quantitative estimate of drug-likeness (QED) is 0.771. The van der Waals surface area contributed by atoms with Gasteiger partial charge in [0.05, 0.1) is 12.7 Å². The van der Waals surface area contributed by atoms with Gasteiger partial charge in [0.15, 0.2) is 0 Å². The molecule has 6 nitrogen and oxygen atoms in total. The van der Waals surface area contributed by atoms with Crippen LogP contribution >= 0.6 is 0 Å². The molecule has 1 aromatic rings. The molecule has 0 unspecified atom stereocenters. The van der Waals surface area contributed by atoms with E-state index in [0.717, 1.165) is 5.57 Å². The van der Waals surface area contributed by atoms with Crippen LogP contribution in [0, 0.1) is 12.8 Å². The van der Waals surface area contributed by atoms with Gasteiger partial charge in [0.1, 0.15) is 6.23 Å². The molecule has 1 fully saturated rings. The molecule has 104 valence electrons. The third-order valence-corrected chi connectivity index (χ3v) is 3.51. The molecule has 2 rings (SSSR count). The predicted molar refractivity (Wildman–Crippen MR) is 70.0 cm³/mol. The van der Waals surface area contributed by atoms with E-state index in [1.807, 2.05) is 6.92 Å². The first kappa shape index (κ1) is 13.8. The fraction of sp³-hybridized carbons (Fsp3) is 0.538. The number of aromatic amines is 1. The molecule has 1 aliphatic heterocycles. The smallest absolute Gasteiger partial charge is 0.330 e. The number of aryl methyl sites for hydroxylation is 1. The molecule has 0 radical (unpaired) electrons. The van der Waals surface area contributed by atoms with Crippen molar-refractivity contribution in [1.82, 2.24) is 9.55 Å². The van der Waals surface area contributed by atoms with E-state index in [0.29, 0.717) is 12.0 Å². The van der Waals surface area contributed by atoms with E-state index < -0.39 is 17.5 Å². The van der Waals surface area contributed by atoms with Gasteiger partial charge in [-0.05, 0) is 13.8 Å². The average molecular weight is 266 g/mol. The largest absolute Gasteiger partial charge is 0.394 e. The number of aliphatic hydroxyl groups excluding tert-OH is 1. The SMILES string of the molecule is C=C(C)[C@@H]1C[C@H](n2cc(C)c(=O)[nH]c2=O)O[C@@H]1CO. The lowest BCUT2D eigenvalue weighted by molar-refractivity contribution is -0.0302. The van der Waals surface area contributed by atoms with Gasteiger partial charge >= 0.3 is 5.69 Å². The third-order valence-electron chi connectivity index (χ3n) is 3.51. The van der Waals surface area contributed by atoms with Crippen molar-refractivity contribution in [3.63, 3.8) is 0 Å². The summed E-state index contributed by atoms with van der Waals surface area (Å²) >= 11 is 0. The molecule has 2 N–H and O–H groups in total. The molecule has 6 heteroatoms. The third kappa shape index (κ3) is 2.54. The molecule has 19 heavy (non-hydrogen) atoms. The van der Waals surface area contributed by atoms with Gasteiger partial charge in [-0.1, -0.05) is 12.2 Å². The summed E-state index contributed by atoms with van der Waals surface area (Å²) in [6.07, 6.45) is 1.20. The van der Waals surface area contributed by atoms with E-state index in [2.05, 4.69) is 11.6 Å². The molecule has 0 saturated carbocycles. The van der Waals surface area contributed by atoms with Crippen molar-refractivity contribution in [2.75, 3.05) is 6.61 Å². The molecule has 3 atom stereocenters. The highest BCUT2D eigenvalue weighted by molar-refractivity contribution is 5.06. The Morgan fingerprint density at radius 3 is 2.84 bits per heavy atom. The fourth-order valence-corrected chi connectivity index (χ4v) is 2.39. The Hall–Kier alpha value is -1.66. The van der Waals surface area contributed by atoms with Crippen LogP contribution < -0.4 is 11.2 Å². The Labute approximate surface area is 110 Å². The molecule has 1 saturated heterocycles. The standard InChI is InChI=1S/C13H18N2O4/c1-7(2)9-4-11(19-10(9)6-16)15-5-8(3)12(17)14-13(15)18/h5,9-11,16H,1,4,6H2,2-3H3,(H,14,17,18)/t9-,10+,11+/m0/s1. The second-order valence-electron chi connectivity index (χ2n) is 4.98. The number of aromatic nitrogens is 2. The second-order valence-corrected chi connectivity index (χ2v) is 4.98. The van der Waals surface area contributed by atoms with Crippen LogP contribution in [0.3, 0.4) is 0 Å². The van der Waals surface area contributed by atoms with Gasteiger partial charge in [0, 0.05) is 24.1 Å². The number of rotatable bonds is 3. The maximum atomic E-state index is 11.8. The minimum atomic E-state index is -0.500. The van der Waals surface area contributed by atoms with Gasteiger partial charge in [-0.3, -0.25) is 14.3 Å². The van der Waals surface area contributed by atoms with Crippen LogP contribution in [0.5, 0.6) is 0 Å². The highest BCUT2D eigenvalue weighted by Crippen LogP contribution is 2.36. The number of ether oxygens (including phenoxy) is 1. The molecular weight excluding hydrogens is 248 g/mol. The van der Waals surface area contributed by atoms with Crippen molar-refractivity contribution in [2.24, 2.45) is 5.92 Å². The Bertz CT molecular complexity index is 601. The monoisotopic (exact) mass is 266 g/mol. The van der Waals surface area contributed by atoms with Crippen molar-refractivity contribution in [1.29, 1.82) is 0 Å². The van der Waals surface area contributed by atoms with Crippen LogP contribution in [0.25, 0.3) is 0 Å². The lowest BCUT2D eigenvalue weighted by Gasteiger charge is -2.15. The minimum Gasteiger partial charge on any atom is -0.394 e. The van der Waals surface area contributed by atoms with Crippen LogP contribution in [0.4, 0.5) is 0 Å². The number of H-pyrrole nitrogens is 1. The molecule has 0 aromatic carbocycles. The Morgan fingerprint density at radius 1 is 1.63 bits per heavy atom.